The number of hydrogen-bond acceptors (Lipinski definition) is 2. The molecule has 26 heavy (non-hydrogen) atoms. The summed E-state index contributed by atoms with van der Waals surface area (Å²) in [7, 11) is 0. The molecule has 2 rings (SSSR count). The minimum absolute atomic E-state index is 0.0321. The van der Waals surface area contributed by atoms with Crippen molar-refractivity contribution in [3.05, 3.63) is 65.2 Å². The number of hydrogen-bond donors (Lipinski definition) is 2. The molecule has 0 heterocycles. The van der Waals surface area contributed by atoms with E-state index in [1.54, 1.807) is 0 Å². The van der Waals surface area contributed by atoms with Crippen LogP contribution in [-0.2, 0) is 16.0 Å². The molecule has 2 aromatic carbocycles. The molecule has 4 nitrogen and oxygen atoms in total. The van der Waals surface area contributed by atoms with E-state index in [0.29, 0.717) is 11.8 Å². The first-order valence-electron chi connectivity index (χ1n) is 9.11. The zero-order valence-corrected chi connectivity index (χ0v) is 16.0. The number of para-hydroxylation sites is 1. The van der Waals surface area contributed by atoms with Gasteiger partial charge in [-0.3, -0.25) is 9.59 Å². The highest BCUT2D eigenvalue weighted by Crippen LogP contribution is 2.32. The van der Waals surface area contributed by atoms with E-state index in [9.17, 15) is 9.59 Å². The van der Waals surface area contributed by atoms with E-state index >= 15 is 0 Å². The fourth-order valence-electron chi connectivity index (χ4n) is 2.90. The zero-order valence-electron chi connectivity index (χ0n) is 16.0. The number of benzene rings is 2. The van der Waals surface area contributed by atoms with Crippen molar-refractivity contribution in [2.45, 2.75) is 46.0 Å². The summed E-state index contributed by atoms with van der Waals surface area (Å²) in [5, 5.41) is 5.70. The van der Waals surface area contributed by atoms with Gasteiger partial charge in [0.2, 0.25) is 11.8 Å². The van der Waals surface area contributed by atoms with Crippen molar-refractivity contribution in [2.24, 2.45) is 0 Å². The lowest BCUT2D eigenvalue weighted by Gasteiger charge is -2.20. The molecule has 0 bridgehead atoms. The molecule has 0 aliphatic rings. The number of carbonyl (C=O) groups is 2. The smallest absolute Gasteiger partial charge is 0.243 e. The van der Waals surface area contributed by atoms with Gasteiger partial charge in [-0.2, -0.15) is 0 Å². The normalized spacial score (nSPS) is 10.8. The van der Waals surface area contributed by atoms with Gasteiger partial charge in [0.1, 0.15) is 0 Å². The second-order valence-electron chi connectivity index (χ2n) is 7.11. The van der Waals surface area contributed by atoms with E-state index in [-0.39, 0.29) is 24.8 Å². The Labute approximate surface area is 156 Å². The number of amides is 2. The minimum Gasteiger partial charge on any atom is -0.347 e. The highest BCUT2D eigenvalue weighted by molar-refractivity contribution is 5.96. The highest BCUT2D eigenvalue weighted by Gasteiger charge is 2.16. The molecule has 4 heteroatoms. The van der Waals surface area contributed by atoms with Crippen molar-refractivity contribution in [3.8, 4) is 0 Å². The molecule has 0 aliphatic heterocycles. The van der Waals surface area contributed by atoms with E-state index in [2.05, 4.69) is 38.3 Å². The molecule has 0 radical (unpaired) electrons. The van der Waals surface area contributed by atoms with E-state index in [0.717, 1.165) is 22.4 Å². The molecule has 0 saturated heterocycles. The lowest BCUT2D eigenvalue weighted by Crippen LogP contribution is -2.34. The first-order chi connectivity index (χ1) is 12.4. The lowest BCUT2D eigenvalue weighted by molar-refractivity contribution is -0.123. The van der Waals surface area contributed by atoms with Gasteiger partial charge in [0.05, 0.1) is 13.0 Å². The summed E-state index contributed by atoms with van der Waals surface area (Å²) in [5.74, 6) is 0.238. The van der Waals surface area contributed by atoms with Crippen LogP contribution in [0.5, 0.6) is 0 Å². The van der Waals surface area contributed by atoms with Crippen LogP contribution < -0.4 is 10.6 Å². The molecular weight excluding hydrogens is 324 g/mol. The summed E-state index contributed by atoms with van der Waals surface area (Å²) in [4.78, 5) is 24.4. The van der Waals surface area contributed by atoms with Crippen LogP contribution in [-0.4, -0.2) is 18.4 Å². The maximum Gasteiger partial charge on any atom is 0.243 e. The highest BCUT2D eigenvalue weighted by atomic mass is 16.2. The van der Waals surface area contributed by atoms with Gasteiger partial charge in [-0.1, -0.05) is 76.2 Å². The number of anilines is 1. The van der Waals surface area contributed by atoms with Crippen molar-refractivity contribution in [1.29, 1.82) is 0 Å². The van der Waals surface area contributed by atoms with Gasteiger partial charge in [0.15, 0.2) is 0 Å². The number of nitrogens with one attached hydrogen (secondary N) is 2. The summed E-state index contributed by atoms with van der Waals surface area (Å²) in [6.07, 6.45) is 0.272. The average molecular weight is 352 g/mol. The van der Waals surface area contributed by atoms with Crippen LogP contribution in [0.2, 0.25) is 0 Å². The van der Waals surface area contributed by atoms with Gasteiger partial charge in [0, 0.05) is 5.69 Å². The molecule has 0 fully saturated rings. The maximum atomic E-state index is 12.4. The molecule has 0 aliphatic carbocycles. The Morgan fingerprint density at radius 3 is 1.92 bits per heavy atom. The quantitative estimate of drug-likeness (QED) is 0.783. The molecule has 2 aromatic rings. The third-order valence-electron chi connectivity index (χ3n) is 4.29. The average Bonchev–Trinajstić information content (AvgIpc) is 2.60. The Morgan fingerprint density at radius 1 is 0.808 bits per heavy atom. The van der Waals surface area contributed by atoms with Crippen LogP contribution >= 0.6 is 0 Å². The van der Waals surface area contributed by atoms with Gasteiger partial charge in [-0.05, 0) is 28.5 Å². The summed E-state index contributed by atoms with van der Waals surface area (Å²) in [5.41, 5.74) is 4.03. The predicted octanol–water partition coefficient (Wildman–Crippen LogP) is 4.23. The summed E-state index contributed by atoms with van der Waals surface area (Å²) in [6.45, 7) is 8.40. The summed E-state index contributed by atoms with van der Waals surface area (Å²) in [6, 6.07) is 15.6. The van der Waals surface area contributed by atoms with Gasteiger partial charge in [-0.15, -0.1) is 0 Å². The predicted molar refractivity (Wildman–Crippen MR) is 106 cm³/mol. The van der Waals surface area contributed by atoms with Crippen molar-refractivity contribution >= 4 is 17.5 Å². The second kappa shape index (κ2) is 9.18. The van der Waals surface area contributed by atoms with Crippen molar-refractivity contribution < 1.29 is 9.59 Å². The standard InChI is InChI=1S/C22H28N2O2/c1-15(2)18-11-8-12-19(16(3)4)22(18)24-21(26)14-23-20(25)13-17-9-6-5-7-10-17/h5-12,15-16H,13-14H2,1-4H3,(H,23,25)(H,24,26). The largest absolute Gasteiger partial charge is 0.347 e. The summed E-state index contributed by atoms with van der Waals surface area (Å²) >= 11 is 0. The molecule has 138 valence electrons. The van der Waals surface area contributed by atoms with Gasteiger partial charge in [0.25, 0.3) is 0 Å². The maximum absolute atomic E-state index is 12.4. The topological polar surface area (TPSA) is 58.2 Å². The Bertz CT molecular complexity index is 726. The van der Waals surface area contributed by atoms with Crippen LogP contribution in [0.25, 0.3) is 0 Å². The molecule has 2 N–H and O–H groups in total. The zero-order chi connectivity index (χ0) is 19.1. The number of carbonyl (C=O) groups excluding carboxylic acids is 2. The lowest BCUT2D eigenvalue weighted by atomic mass is 9.92. The van der Waals surface area contributed by atoms with Crippen LogP contribution in [0.4, 0.5) is 5.69 Å². The van der Waals surface area contributed by atoms with Crippen LogP contribution in [0, 0.1) is 0 Å². The first-order valence-corrected chi connectivity index (χ1v) is 9.11. The van der Waals surface area contributed by atoms with E-state index in [4.69, 9.17) is 0 Å². The van der Waals surface area contributed by atoms with Crippen molar-refractivity contribution in [3.63, 3.8) is 0 Å². The molecular formula is C22H28N2O2. The van der Waals surface area contributed by atoms with E-state index < -0.39 is 0 Å². The van der Waals surface area contributed by atoms with Crippen molar-refractivity contribution in [1.82, 2.24) is 5.32 Å². The monoisotopic (exact) mass is 352 g/mol. The van der Waals surface area contributed by atoms with Gasteiger partial charge >= 0.3 is 0 Å². The second-order valence-corrected chi connectivity index (χ2v) is 7.11. The molecule has 0 atom stereocenters. The molecule has 0 saturated carbocycles. The Morgan fingerprint density at radius 2 is 1.38 bits per heavy atom. The van der Waals surface area contributed by atoms with Crippen LogP contribution in [0.15, 0.2) is 48.5 Å². The molecule has 0 aromatic heterocycles. The van der Waals surface area contributed by atoms with Gasteiger partial charge in [-0.25, -0.2) is 0 Å². The SMILES string of the molecule is CC(C)c1cccc(C(C)C)c1NC(=O)CNC(=O)Cc1ccccc1. The minimum atomic E-state index is -0.207. The molecule has 0 unspecified atom stereocenters. The summed E-state index contributed by atoms with van der Waals surface area (Å²) < 4.78 is 0. The van der Waals surface area contributed by atoms with Gasteiger partial charge < -0.3 is 10.6 Å². The fourth-order valence-corrected chi connectivity index (χ4v) is 2.90. The van der Waals surface area contributed by atoms with E-state index in [1.807, 2.05) is 48.5 Å². The van der Waals surface area contributed by atoms with E-state index in [1.165, 1.54) is 0 Å². The fraction of sp³-hybridized carbons (Fsp3) is 0.364. The number of rotatable bonds is 7. The van der Waals surface area contributed by atoms with Crippen LogP contribution in [0.1, 0.15) is 56.2 Å². The third-order valence-corrected chi connectivity index (χ3v) is 4.29. The molecule has 0 spiro atoms. The Hall–Kier alpha value is -2.62. The Balaban J connectivity index is 2.00. The third kappa shape index (κ3) is 5.45. The molecule has 2 amide bonds. The van der Waals surface area contributed by atoms with Crippen molar-refractivity contribution in [2.75, 3.05) is 11.9 Å². The Kier molecular flexibility index (Phi) is 6.96. The first kappa shape index (κ1) is 19.7. The van der Waals surface area contributed by atoms with Crippen LogP contribution in [0.3, 0.4) is 0 Å².